The molecule has 0 spiro atoms. The maximum absolute atomic E-state index is 10.9. The van der Waals surface area contributed by atoms with Crippen molar-refractivity contribution in [1.82, 2.24) is 4.90 Å². The quantitative estimate of drug-likeness (QED) is 0.499. The van der Waals surface area contributed by atoms with Crippen molar-refractivity contribution in [3.8, 4) is 0 Å². The van der Waals surface area contributed by atoms with Gasteiger partial charge in [-0.2, -0.15) is 0 Å². The highest BCUT2D eigenvalue weighted by Gasteiger charge is 2.42. The molecular formula is C12H23NO3. The number of unbranched alkanes of at least 4 members (excludes halogenated alkanes) is 1. The van der Waals surface area contributed by atoms with Gasteiger partial charge in [0.2, 0.25) is 0 Å². The number of nitrogens with zero attached hydrogens (tertiary/aromatic N) is 1. The first-order valence-electron chi connectivity index (χ1n) is 5.98. The molecule has 0 aromatic rings. The Bertz CT molecular complexity index is 226. The zero-order chi connectivity index (χ0) is 12.0. The summed E-state index contributed by atoms with van der Waals surface area (Å²) in [6, 6.07) is 0. The molecule has 1 rings (SSSR count). The summed E-state index contributed by atoms with van der Waals surface area (Å²) >= 11 is 0. The van der Waals surface area contributed by atoms with E-state index in [0.717, 1.165) is 38.8 Å². The molecule has 1 saturated carbocycles. The van der Waals surface area contributed by atoms with E-state index in [-0.39, 0.29) is 11.4 Å². The first-order valence-corrected chi connectivity index (χ1v) is 5.98. The van der Waals surface area contributed by atoms with Crippen molar-refractivity contribution >= 4 is 5.97 Å². The minimum absolute atomic E-state index is 0.128. The van der Waals surface area contributed by atoms with E-state index >= 15 is 0 Å². The summed E-state index contributed by atoms with van der Waals surface area (Å²) in [5.41, 5.74) is 0.192. The van der Waals surface area contributed by atoms with E-state index in [4.69, 9.17) is 0 Å². The number of aliphatic hydroxyl groups excluding tert-OH is 1. The summed E-state index contributed by atoms with van der Waals surface area (Å²) in [7, 11) is 3.50. The van der Waals surface area contributed by atoms with Gasteiger partial charge in [-0.15, -0.1) is 0 Å². The molecule has 1 N–H and O–H groups in total. The van der Waals surface area contributed by atoms with E-state index in [9.17, 15) is 9.90 Å². The summed E-state index contributed by atoms with van der Waals surface area (Å²) in [5.74, 6) is -0.128. The topological polar surface area (TPSA) is 49.8 Å². The summed E-state index contributed by atoms with van der Waals surface area (Å²) < 4.78 is 4.58. The molecule has 0 saturated heterocycles. The van der Waals surface area contributed by atoms with Crippen molar-refractivity contribution in [3.63, 3.8) is 0 Å². The summed E-state index contributed by atoms with van der Waals surface area (Å²) in [5, 5.41) is 9.19. The lowest BCUT2D eigenvalue weighted by atomic mass is 10.1. The Morgan fingerprint density at radius 3 is 2.62 bits per heavy atom. The molecule has 0 bridgehead atoms. The van der Waals surface area contributed by atoms with Gasteiger partial charge < -0.3 is 14.7 Å². The van der Waals surface area contributed by atoms with Crippen LogP contribution >= 0.6 is 0 Å². The van der Waals surface area contributed by atoms with Gasteiger partial charge in [0.25, 0.3) is 0 Å². The number of carbonyl (C=O) groups is 1. The highest BCUT2D eigenvalue weighted by molar-refractivity contribution is 5.68. The Balaban J connectivity index is 2.02. The lowest BCUT2D eigenvalue weighted by molar-refractivity contribution is -0.140. The van der Waals surface area contributed by atoms with Gasteiger partial charge in [-0.3, -0.25) is 4.79 Å². The van der Waals surface area contributed by atoms with Crippen LogP contribution in [0.15, 0.2) is 0 Å². The van der Waals surface area contributed by atoms with Gasteiger partial charge in [0.15, 0.2) is 0 Å². The molecule has 4 heteroatoms. The Kier molecular flexibility index (Phi) is 5.22. The largest absolute Gasteiger partial charge is 0.469 e. The second-order valence-corrected chi connectivity index (χ2v) is 4.93. The van der Waals surface area contributed by atoms with E-state index in [2.05, 4.69) is 16.7 Å². The van der Waals surface area contributed by atoms with Crippen LogP contribution in [0.25, 0.3) is 0 Å². The summed E-state index contributed by atoms with van der Waals surface area (Å²) in [6.45, 7) is 2.26. The van der Waals surface area contributed by atoms with Crippen LogP contribution in [0.3, 0.4) is 0 Å². The molecule has 0 aromatic heterocycles. The first-order chi connectivity index (χ1) is 7.62. The van der Waals surface area contributed by atoms with Crippen molar-refractivity contribution < 1.29 is 14.6 Å². The van der Waals surface area contributed by atoms with Gasteiger partial charge in [0, 0.05) is 25.0 Å². The number of aliphatic hydroxyl groups is 1. The molecule has 0 heterocycles. The predicted molar refractivity (Wildman–Crippen MR) is 62.1 cm³/mol. The van der Waals surface area contributed by atoms with Crippen LogP contribution in [0.4, 0.5) is 0 Å². The third-order valence-electron chi connectivity index (χ3n) is 3.30. The highest BCUT2D eigenvalue weighted by Crippen LogP contribution is 2.45. The molecule has 94 valence electrons. The van der Waals surface area contributed by atoms with Crippen molar-refractivity contribution in [2.24, 2.45) is 5.41 Å². The maximum Gasteiger partial charge on any atom is 0.305 e. The van der Waals surface area contributed by atoms with Gasteiger partial charge in [-0.05, 0) is 39.3 Å². The molecule has 0 amide bonds. The van der Waals surface area contributed by atoms with Crippen molar-refractivity contribution in [2.45, 2.75) is 32.1 Å². The van der Waals surface area contributed by atoms with Gasteiger partial charge in [-0.1, -0.05) is 0 Å². The molecule has 1 aliphatic rings. The number of rotatable bonds is 8. The molecule has 0 unspecified atom stereocenters. The second kappa shape index (κ2) is 6.21. The standard InChI is InChI=1S/C12H23NO3/c1-13(9-12(10-14)6-7-12)8-4-3-5-11(15)16-2/h14H,3-10H2,1-2H3. The van der Waals surface area contributed by atoms with Crippen LogP contribution in [-0.4, -0.2) is 49.8 Å². The Hall–Kier alpha value is -0.610. The maximum atomic E-state index is 10.9. The summed E-state index contributed by atoms with van der Waals surface area (Å²) in [6.07, 6.45) is 4.69. The zero-order valence-electron chi connectivity index (χ0n) is 10.4. The van der Waals surface area contributed by atoms with Crippen LogP contribution in [0.1, 0.15) is 32.1 Å². The number of hydrogen-bond donors (Lipinski definition) is 1. The Morgan fingerprint density at radius 2 is 2.12 bits per heavy atom. The van der Waals surface area contributed by atoms with E-state index in [1.165, 1.54) is 7.11 Å². The zero-order valence-corrected chi connectivity index (χ0v) is 10.4. The van der Waals surface area contributed by atoms with E-state index < -0.39 is 0 Å². The van der Waals surface area contributed by atoms with E-state index in [1.54, 1.807) is 0 Å². The minimum Gasteiger partial charge on any atom is -0.469 e. The summed E-state index contributed by atoms with van der Waals surface area (Å²) in [4.78, 5) is 13.1. The molecular weight excluding hydrogens is 206 g/mol. The smallest absolute Gasteiger partial charge is 0.305 e. The molecule has 0 aliphatic heterocycles. The molecule has 0 aromatic carbocycles. The monoisotopic (exact) mass is 229 g/mol. The van der Waals surface area contributed by atoms with Crippen LogP contribution in [0.5, 0.6) is 0 Å². The molecule has 1 aliphatic carbocycles. The third kappa shape index (κ3) is 4.49. The lowest BCUT2D eigenvalue weighted by Crippen LogP contribution is -2.29. The predicted octanol–water partition coefficient (Wildman–Crippen LogP) is 1.03. The normalized spacial score (nSPS) is 17.5. The van der Waals surface area contributed by atoms with E-state index in [1.807, 2.05) is 0 Å². The van der Waals surface area contributed by atoms with Crippen LogP contribution < -0.4 is 0 Å². The van der Waals surface area contributed by atoms with Crippen molar-refractivity contribution in [1.29, 1.82) is 0 Å². The minimum atomic E-state index is -0.128. The van der Waals surface area contributed by atoms with Gasteiger partial charge in [0.05, 0.1) is 7.11 Å². The van der Waals surface area contributed by atoms with Gasteiger partial charge in [0.1, 0.15) is 0 Å². The second-order valence-electron chi connectivity index (χ2n) is 4.93. The Morgan fingerprint density at radius 1 is 1.44 bits per heavy atom. The first kappa shape index (κ1) is 13.5. The fraction of sp³-hybridized carbons (Fsp3) is 0.917. The fourth-order valence-electron chi connectivity index (χ4n) is 1.95. The van der Waals surface area contributed by atoms with Crippen molar-refractivity contribution in [3.05, 3.63) is 0 Å². The fourth-order valence-corrected chi connectivity index (χ4v) is 1.95. The number of carbonyl (C=O) groups excluding carboxylic acids is 1. The van der Waals surface area contributed by atoms with Gasteiger partial charge in [-0.25, -0.2) is 0 Å². The molecule has 0 atom stereocenters. The van der Waals surface area contributed by atoms with Crippen LogP contribution in [0, 0.1) is 5.41 Å². The lowest BCUT2D eigenvalue weighted by Gasteiger charge is -2.21. The highest BCUT2D eigenvalue weighted by atomic mass is 16.5. The molecule has 4 nitrogen and oxygen atoms in total. The molecule has 1 fully saturated rings. The van der Waals surface area contributed by atoms with Crippen molar-refractivity contribution in [2.75, 3.05) is 33.9 Å². The van der Waals surface area contributed by atoms with Crippen LogP contribution in [-0.2, 0) is 9.53 Å². The molecule has 0 radical (unpaired) electrons. The Labute approximate surface area is 97.6 Å². The van der Waals surface area contributed by atoms with E-state index in [0.29, 0.717) is 13.0 Å². The molecule has 16 heavy (non-hydrogen) atoms. The SMILES string of the molecule is COC(=O)CCCCN(C)CC1(CO)CC1. The number of methoxy groups -OCH3 is 1. The number of esters is 1. The van der Waals surface area contributed by atoms with Gasteiger partial charge >= 0.3 is 5.97 Å². The van der Waals surface area contributed by atoms with Crippen LogP contribution in [0.2, 0.25) is 0 Å². The number of ether oxygens (including phenoxy) is 1. The average molecular weight is 229 g/mol. The average Bonchev–Trinajstić information content (AvgIpc) is 3.04. The third-order valence-corrected chi connectivity index (χ3v) is 3.30. The number of hydrogen-bond acceptors (Lipinski definition) is 4.